The van der Waals surface area contributed by atoms with Crippen LogP contribution in [0.5, 0.6) is 0 Å². The van der Waals surface area contributed by atoms with Crippen molar-refractivity contribution in [3.63, 3.8) is 0 Å². The highest BCUT2D eigenvalue weighted by molar-refractivity contribution is 5.68. The molecule has 5 nitrogen and oxygen atoms in total. The Balaban J connectivity index is 2.59. The maximum Gasteiger partial charge on any atom is 0.410 e. The molecule has 1 N–H and O–H groups in total. The van der Waals surface area contributed by atoms with Crippen molar-refractivity contribution in [1.82, 2.24) is 9.80 Å². The summed E-state index contributed by atoms with van der Waals surface area (Å²) in [4.78, 5) is 16.2. The first-order valence-corrected chi connectivity index (χ1v) is 7.70. The van der Waals surface area contributed by atoms with Crippen LogP contribution in [0.4, 0.5) is 4.79 Å². The number of carbonyl (C=O) groups excluding carboxylic acids is 1. The number of likely N-dealkylation sites (tertiary alicyclic amines) is 1. The van der Waals surface area contributed by atoms with E-state index in [1.54, 1.807) is 4.90 Å². The van der Waals surface area contributed by atoms with Gasteiger partial charge in [0.2, 0.25) is 0 Å². The molecule has 0 bridgehead atoms. The SMILES string of the molecule is CCN(C[C@H]1CCCCN1CCO)C(=O)OC(C)(C)C. The molecule has 20 heavy (non-hydrogen) atoms. The fourth-order valence-electron chi connectivity index (χ4n) is 2.60. The smallest absolute Gasteiger partial charge is 0.410 e. The second-order valence-corrected chi connectivity index (χ2v) is 6.43. The number of rotatable bonds is 5. The number of aliphatic hydroxyl groups excluding tert-OH is 1. The van der Waals surface area contributed by atoms with Gasteiger partial charge in [-0.1, -0.05) is 6.42 Å². The van der Waals surface area contributed by atoms with Crippen LogP contribution in [0.25, 0.3) is 0 Å². The average molecular weight is 286 g/mol. The van der Waals surface area contributed by atoms with E-state index in [0.717, 1.165) is 13.0 Å². The molecule has 1 amide bonds. The number of hydrogen-bond acceptors (Lipinski definition) is 4. The molecule has 1 aliphatic rings. The van der Waals surface area contributed by atoms with E-state index in [1.807, 2.05) is 27.7 Å². The molecule has 1 atom stereocenters. The van der Waals surface area contributed by atoms with Gasteiger partial charge in [0.25, 0.3) is 0 Å². The lowest BCUT2D eigenvalue weighted by Gasteiger charge is -2.38. The fourth-order valence-corrected chi connectivity index (χ4v) is 2.60. The number of ether oxygens (including phenoxy) is 1. The molecule has 118 valence electrons. The van der Waals surface area contributed by atoms with E-state index in [0.29, 0.717) is 25.7 Å². The van der Waals surface area contributed by atoms with Gasteiger partial charge in [0.05, 0.1) is 6.61 Å². The molecule has 0 spiro atoms. The van der Waals surface area contributed by atoms with Crippen molar-refractivity contribution in [3.05, 3.63) is 0 Å². The molecule has 0 aliphatic carbocycles. The average Bonchev–Trinajstić information content (AvgIpc) is 2.35. The number of aliphatic hydroxyl groups is 1. The van der Waals surface area contributed by atoms with Gasteiger partial charge in [-0.2, -0.15) is 0 Å². The molecule has 5 heteroatoms. The Hall–Kier alpha value is -0.810. The van der Waals surface area contributed by atoms with Crippen molar-refractivity contribution in [2.24, 2.45) is 0 Å². The van der Waals surface area contributed by atoms with Gasteiger partial charge in [-0.15, -0.1) is 0 Å². The molecule has 0 radical (unpaired) electrons. The Bertz CT molecular complexity index is 300. The van der Waals surface area contributed by atoms with Crippen LogP contribution in [0.1, 0.15) is 47.0 Å². The van der Waals surface area contributed by atoms with E-state index < -0.39 is 5.60 Å². The zero-order valence-corrected chi connectivity index (χ0v) is 13.4. The topological polar surface area (TPSA) is 53.0 Å². The second kappa shape index (κ2) is 7.84. The zero-order chi connectivity index (χ0) is 15.2. The van der Waals surface area contributed by atoms with Gasteiger partial charge in [-0.05, 0) is 47.1 Å². The first-order chi connectivity index (χ1) is 9.37. The maximum absolute atomic E-state index is 12.2. The number of likely N-dealkylation sites (N-methyl/N-ethyl adjacent to an activating group) is 1. The first-order valence-electron chi connectivity index (χ1n) is 7.70. The zero-order valence-electron chi connectivity index (χ0n) is 13.4. The van der Waals surface area contributed by atoms with Gasteiger partial charge in [0.15, 0.2) is 0 Å². The van der Waals surface area contributed by atoms with Gasteiger partial charge in [-0.3, -0.25) is 4.90 Å². The number of nitrogens with zero attached hydrogens (tertiary/aromatic N) is 2. The molecular formula is C15H30N2O3. The van der Waals surface area contributed by atoms with E-state index in [1.165, 1.54) is 12.8 Å². The molecule has 0 aromatic rings. The van der Waals surface area contributed by atoms with Crippen molar-refractivity contribution in [2.45, 2.75) is 58.6 Å². The molecular weight excluding hydrogens is 256 g/mol. The number of carbonyl (C=O) groups is 1. The minimum absolute atomic E-state index is 0.176. The van der Waals surface area contributed by atoms with E-state index in [-0.39, 0.29) is 12.7 Å². The Morgan fingerprint density at radius 1 is 1.40 bits per heavy atom. The number of piperidine rings is 1. The lowest BCUT2D eigenvalue weighted by molar-refractivity contribution is 0.0159. The summed E-state index contributed by atoms with van der Waals surface area (Å²) in [6.07, 6.45) is 3.21. The van der Waals surface area contributed by atoms with E-state index in [4.69, 9.17) is 9.84 Å². The van der Waals surface area contributed by atoms with Gasteiger partial charge >= 0.3 is 6.09 Å². The molecule has 0 aromatic heterocycles. The van der Waals surface area contributed by atoms with Crippen LogP contribution in [0.3, 0.4) is 0 Å². The highest BCUT2D eigenvalue weighted by Crippen LogP contribution is 2.19. The fraction of sp³-hybridized carbons (Fsp3) is 0.933. The standard InChI is InChI=1S/C15H30N2O3/c1-5-16(14(19)20-15(2,3)4)12-13-8-6-7-9-17(13)10-11-18/h13,18H,5-12H2,1-4H3/t13-/m1/s1. The van der Waals surface area contributed by atoms with Crippen LogP contribution < -0.4 is 0 Å². The minimum Gasteiger partial charge on any atom is -0.444 e. The number of β-amino-alcohol motifs (C(OH)–C–C–N with tert-alkyl or cyclic N) is 1. The molecule has 1 fully saturated rings. The predicted octanol–water partition coefficient (Wildman–Crippen LogP) is 2.09. The molecule has 0 saturated carbocycles. The summed E-state index contributed by atoms with van der Waals surface area (Å²) < 4.78 is 5.45. The van der Waals surface area contributed by atoms with Crippen molar-refractivity contribution < 1.29 is 14.6 Å². The molecule has 0 unspecified atom stereocenters. The van der Waals surface area contributed by atoms with Gasteiger partial charge in [-0.25, -0.2) is 4.79 Å². The van der Waals surface area contributed by atoms with Crippen molar-refractivity contribution >= 4 is 6.09 Å². The van der Waals surface area contributed by atoms with Crippen molar-refractivity contribution in [1.29, 1.82) is 0 Å². The second-order valence-electron chi connectivity index (χ2n) is 6.43. The minimum atomic E-state index is -0.456. The quantitative estimate of drug-likeness (QED) is 0.841. The van der Waals surface area contributed by atoms with Crippen molar-refractivity contribution in [3.8, 4) is 0 Å². The Morgan fingerprint density at radius 3 is 2.65 bits per heavy atom. The van der Waals surface area contributed by atoms with Gasteiger partial charge < -0.3 is 14.7 Å². The van der Waals surface area contributed by atoms with Crippen LogP contribution in [0.2, 0.25) is 0 Å². The lowest BCUT2D eigenvalue weighted by atomic mass is 10.0. The lowest BCUT2D eigenvalue weighted by Crippen LogP contribution is -2.49. The Morgan fingerprint density at radius 2 is 2.10 bits per heavy atom. The third-order valence-electron chi connectivity index (χ3n) is 3.60. The van der Waals surface area contributed by atoms with Gasteiger partial charge in [0.1, 0.15) is 5.60 Å². The molecule has 0 aromatic carbocycles. The number of amides is 1. The summed E-state index contributed by atoms with van der Waals surface area (Å²) in [5.41, 5.74) is -0.456. The van der Waals surface area contributed by atoms with E-state index >= 15 is 0 Å². The summed E-state index contributed by atoms with van der Waals surface area (Å²) in [6, 6.07) is 0.336. The normalized spacial score (nSPS) is 20.8. The molecule has 1 saturated heterocycles. The third-order valence-corrected chi connectivity index (χ3v) is 3.60. The summed E-state index contributed by atoms with van der Waals surface area (Å²) >= 11 is 0. The van der Waals surface area contributed by atoms with Crippen molar-refractivity contribution in [2.75, 3.05) is 32.8 Å². The van der Waals surface area contributed by atoms with Crippen LogP contribution in [-0.4, -0.2) is 65.4 Å². The van der Waals surface area contributed by atoms with E-state index in [2.05, 4.69) is 4.90 Å². The highest BCUT2D eigenvalue weighted by Gasteiger charge is 2.27. The Kier molecular flexibility index (Phi) is 6.76. The molecule has 1 heterocycles. The third kappa shape index (κ3) is 5.67. The summed E-state index contributed by atoms with van der Waals surface area (Å²) in [5, 5.41) is 9.14. The maximum atomic E-state index is 12.2. The van der Waals surface area contributed by atoms with Crippen LogP contribution in [0, 0.1) is 0 Å². The summed E-state index contributed by atoms with van der Waals surface area (Å²) in [7, 11) is 0. The summed E-state index contributed by atoms with van der Waals surface area (Å²) in [5.74, 6) is 0. The first kappa shape index (κ1) is 17.2. The van der Waals surface area contributed by atoms with Crippen LogP contribution >= 0.6 is 0 Å². The van der Waals surface area contributed by atoms with Crippen LogP contribution in [0.15, 0.2) is 0 Å². The summed E-state index contributed by atoms with van der Waals surface area (Å²) in [6.45, 7) is 10.8. The molecule has 1 aliphatic heterocycles. The van der Waals surface area contributed by atoms with Crippen LogP contribution in [-0.2, 0) is 4.74 Å². The van der Waals surface area contributed by atoms with Gasteiger partial charge in [0, 0.05) is 25.7 Å². The Labute approximate surface area is 122 Å². The monoisotopic (exact) mass is 286 g/mol. The number of hydrogen-bond donors (Lipinski definition) is 1. The largest absolute Gasteiger partial charge is 0.444 e. The van der Waals surface area contributed by atoms with E-state index in [9.17, 15) is 4.79 Å². The molecule has 1 rings (SSSR count). The predicted molar refractivity (Wildman–Crippen MR) is 79.8 cm³/mol. The highest BCUT2D eigenvalue weighted by atomic mass is 16.6.